The van der Waals surface area contributed by atoms with E-state index in [4.69, 9.17) is 9.72 Å². The van der Waals surface area contributed by atoms with E-state index < -0.39 is 0 Å². The number of aryl methyl sites for hydroxylation is 1. The average Bonchev–Trinajstić information content (AvgIpc) is 2.81. The summed E-state index contributed by atoms with van der Waals surface area (Å²) in [6, 6.07) is 0. The zero-order valence-electron chi connectivity index (χ0n) is 12.5. The smallest absolute Gasteiger partial charge is 0.133 e. The molecule has 0 saturated carbocycles. The molecule has 1 atom stereocenters. The van der Waals surface area contributed by atoms with Crippen LogP contribution in [-0.4, -0.2) is 29.2 Å². The fraction of sp³-hybridized carbons (Fsp3) is 0.733. The zero-order valence-corrected chi connectivity index (χ0v) is 12.5. The number of hydrogen-bond acceptors (Lipinski definition) is 4. The Morgan fingerprint density at radius 2 is 2.16 bits per heavy atom. The first-order valence-corrected chi connectivity index (χ1v) is 7.34. The van der Waals surface area contributed by atoms with Crippen molar-refractivity contribution in [3.63, 3.8) is 0 Å². The average molecular weight is 263 g/mol. The van der Waals surface area contributed by atoms with Gasteiger partial charge in [-0.1, -0.05) is 13.8 Å². The standard InChI is InChI=1S/C15H25N3O/c1-5-16-15-14(10(2)3)11(4)17-13(18-15)9-12-7-6-8-19-12/h10,12H,5-9H2,1-4H3,(H,16,17,18). The lowest BCUT2D eigenvalue weighted by atomic mass is 10.0. The normalized spacial score (nSPS) is 19.1. The molecule has 1 saturated heterocycles. The molecule has 1 aliphatic heterocycles. The van der Waals surface area contributed by atoms with Gasteiger partial charge in [0.1, 0.15) is 11.6 Å². The summed E-state index contributed by atoms with van der Waals surface area (Å²) in [5, 5.41) is 3.37. The van der Waals surface area contributed by atoms with Crippen molar-refractivity contribution in [2.75, 3.05) is 18.5 Å². The highest BCUT2D eigenvalue weighted by atomic mass is 16.5. The molecule has 19 heavy (non-hydrogen) atoms. The van der Waals surface area contributed by atoms with E-state index in [1.54, 1.807) is 0 Å². The van der Waals surface area contributed by atoms with E-state index in [0.29, 0.717) is 12.0 Å². The molecule has 2 heterocycles. The lowest BCUT2D eigenvalue weighted by Gasteiger charge is -2.17. The van der Waals surface area contributed by atoms with Crippen LogP contribution >= 0.6 is 0 Å². The highest BCUT2D eigenvalue weighted by Gasteiger charge is 2.20. The van der Waals surface area contributed by atoms with Gasteiger partial charge in [0.15, 0.2) is 0 Å². The summed E-state index contributed by atoms with van der Waals surface area (Å²) in [7, 11) is 0. The first kappa shape index (κ1) is 14.3. The Bertz CT molecular complexity index is 426. The molecule has 1 unspecified atom stereocenters. The summed E-state index contributed by atoms with van der Waals surface area (Å²) in [6.45, 7) is 10.3. The van der Waals surface area contributed by atoms with E-state index >= 15 is 0 Å². The molecular formula is C15H25N3O. The fourth-order valence-electron chi connectivity index (χ4n) is 2.73. The van der Waals surface area contributed by atoms with Gasteiger partial charge in [-0.3, -0.25) is 0 Å². The number of nitrogens with zero attached hydrogens (tertiary/aromatic N) is 2. The van der Waals surface area contributed by atoms with Gasteiger partial charge in [-0.25, -0.2) is 9.97 Å². The lowest BCUT2D eigenvalue weighted by Crippen LogP contribution is -2.16. The van der Waals surface area contributed by atoms with Gasteiger partial charge < -0.3 is 10.1 Å². The van der Waals surface area contributed by atoms with Crippen molar-refractivity contribution < 1.29 is 4.74 Å². The Labute approximate surface area is 116 Å². The quantitative estimate of drug-likeness (QED) is 0.887. The summed E-state index contributed by atoms with van der Waals surface area (Å²) in [5.41, 5.74) is 2.33. The van der Waals surface area contributed by atoms with Crippen molar-refractivity contribution in [2.45, 2.75) is 59.0 Å². The van der Waals surface area contributed by atoms with E-state index in [0.717, 1.165) is 49.8 Å². The predicted octanol–water partition coefficient (Wildman–Crippen LogP) is 3.06. The third-order valence-electron chi connectivity index (χ3n) is 3.54. The van der Waals surface area contributed by atoms with Gasteiger partial charge in [0.25, 0.3) is 0 Å². The molecule has 1 aliphatic rings. The van der Waals surface area contributed by atoms with Gasteiger partial charge in [-0.2, -0.15) is 0 Å². The second kappa shape index (κ2) is 6.33. The van der Waals surface area contributed by atoms with E-state index in [-0.39, 0.29) is 0 Å². The largest absolute Gasteiger partial charge is 0.378 e. The molecule has 1 N–H and O–H groups in total. The molecule has 1 aromatic heterocycles. The number of hydrogen-bond donors (Lipinski definition) is 1. The maximum Gasteiger partial charge on any atom is 0.133 e. The Kier molecular flexibility index (Phi) is 4.75. The van der Waals surface area contributed by atoms with Crippen molar-refractivity contribution in [3.8, 4) is 0 Å². The molecule has 106 valence electrons. The van der Waals surface area contributed by atoms with Crippen LogP contribution < -0.4 is 5.32 Å². The van der Waals surface area contributed by atoms with Gasteiger partial charge in [0.05, 0.1) is 6.10 Å². The molecule has 0 aromatic carbocycles. The molecule has 0 amide bonds. The van der Waals surface area contributed by atoms with Crippen molar-refractivity contribution in [1.82, 2.24) is 9.97 Å². The van der Waals surface area contributed by atoms with Crippen LogP contribution in [0.1, 0.15) is 56.6 Å². The van der Waals surface area contributed by atoms with Crippen LogP contribution in [0.15, 0.2) is 0 Å². The van der Waals surface area contributed by atoms with Gasteiger partial charge in [-0.05, 0) is 32.6 Å². The first-order chi connectivity index (χ1) is 9.11. The second-order valence-corrected chi connectivity index (χ2v) is 5.51. The summed E-state index contributed by atoms with van der Waals surface area (Å²) >= 11 is 0. The number of nitrogens with one attached hydrogen (secondary N) is 1. The maximum absolute atomic E-state index is 5.67. The third kappa shape index (κ3) is 3.44. The van der Waals surface area contributed by atoms with Gasteiger partial charge in [0, 0.05) is 30.8 Å². The van der Waals surface area contributed by atoms with E-state index in [9.17, 15) is 0 Å². The number of aromatic nitrogens is 2. The summed E-state index contributed by atoms with van der Waals surface area (Å²) in [4.78, 5) is 9.38. The minimum atomic E-state index is 0.304. The predicted molar refractivity (Wildman–Crippen MR) is 77.7 cm³/mol. The summed E-state index contributed by atoms with van der Waals surface area (Å²) in [6.07, 6.45) is 3.43. The van der Waals surface area contributed by atoms with E-state index in [2.05, 4.69) is 38.0 Å². The molecule has 4 heteroatoms. The first-order valence-electron chi connectivity index (χ1n) is 7.34. The molecule has 1 aromatic rings. The molecule has 0 aliphatic carbocycles. The number of anilines is 1. The summed E-state index contributed by atoms with van der Waals surface area (Å²) < 4.78 is 5.67. The number of rotatable bonds is 5. The Hall–Kier alpha value is -1.16. The molecular weight excluding hydrogens is 238 g/mol. The second-order valence-electron chi connectivity index (χ2n) is 5.51. The van der Waals surface area contributed by atoms with Crippen molar-refractivity contribution in [1.29, 1.82) is 0 Å². The van der Waals surface area contributed by atoms with Crippen LogP contribution in [0, 0.1) is 6.92 Å². The topological polar surface area (TPSA) is 47.0 Å². The molecule has 4 nitrogen and oxygen atoms in total. The van der Waals surface area contributed by atoms with Crippen molar-refractivity contribution in [2.24, 2.45) is 0 Å². The van der Waals surface area contributed by atoms with Crippen molar-refractivity contribution >= 4 is 5.82 Å². The SMILES string of the molecule is CCNc1nc(CC2CCCO2)nc(C)c1C(C)C. The van der Waals surface area contributed by atoms with Crippen LogP contribution in [0.25, 0.3) is 0 Å². The van der Waals surface area contributed by atoms with E-state index in [1.807, 2.05) is 0 Å². The van der Waals surface area contributed by atoms with Crippen molar-refractivity contribution in [3.05, 3.63) is 17.1 Å². The Morgan fingerprint density at radius 1 is 1.37 bits per heavy atom. The number of ether oxygens (including phenoxy) is 1. The molecule has 0 spiro atoms. The Balaban J connectivity index is 2.25. The minimum Gasteiger partial charge on any atom is -0.378 e. The monoisotopic (exact) mass is 263 g/mol. The third-order valence-corrected chi connectivity index (χ3v) is 3.54. The van der Waals surface area contributed by atoms with Crippen LogP contribution in [0.3, 0.4) is 0 Å². The Morgan fingerprint density at radius 3 is 2.74 bits per heavy atom. The van der Waals surface area contributed by atoms with Gasteiger partial charge in [0.2, 0.25) is 0 Å². The van der Waals surface area contributed by atoms with Crippen LogP contribution in [0.5, 0.6) is 0 Å². The van der Waals surface area contributed by atoms with Crippen LogP contribution in [-0.2, 0) is 11.2 Å². The lowest BCUT2D eigenvalue weighted by molar-refractivity contribution is 0.110. The summed E-state index contributed by atoms with van der Waals surface area (Å²) in [5.74, 6) is 2.34. The highest BCUT2D eigenvalue weighted by Crippen LogP contribution is 2.26. The molecule has 1 fully saturated rings. The van der Waals surface area contributed by atoms with Crippen LogP contribution in [0.2, 0.25) is 0 Å². The van der Waals surface area contributed by atoms with E-state index in [1.165, 1.54) is 5.56 Å². The van der Waals surface area contributed by atoms with Crippen LogP contribution in [0.4, 0.5) is 5.82 Å². The molecule has 0 bridgehead atoms. The zero-order chi connectivity index (χ0) is 13.8. The van der Waals surface area contributed by atoms with Gasteiger partial charge in [-0.15, -0.1) is 0 Å². The molecule has 2 rings (SSSR count). The minimum absolute atomic E-state index is 0.304. The van der Waals surface area contributed by atoms with Gasteiger partial charge >= 0.3 is 0 Å². The highest BCUT2D eigenvalue weighted by molar-refractivity contribution is 5.48. The maximum atomic E-state index is 5.67. The molecule has 0 radical (unpaired) electrons. The fourth-order valence-corrected chi connectivity index (χ4v) is 2.73.